The molecule has 80 valence electrons. The molecule has 0 saturated heterocycles. The molecule has 15 heavy (non-hydrogen) atoms. The molecule has 0 aliphatic carbocycles. The van der Waals surface area contributed by atoms with E-state index in [0.717, 1.165) is 0 Å². The summed E-state index contributed by atoms with van der Waals surface area (Å²) in [4.78, 5) is 7.23. The highest BCUT2D eigenvalue weighted by Crippen LogP contribution is 2.06. The van der Waals surface area contributed by atoms with Gasteiger partial charge in [-0.3, -0.25) is 0 Å². The third-order valence-corrected chi connectivity index (χ3v) is 3.42. The average Bonchev–Trinajstić information content (AvgIpc) is 2.26. The smallest absolute Gasteiger partial charge is 0.227 e. The van der Waals surface area contributed by atoms with Crippen LogP contribution in [0.1, 0.15) is 12.1 Å². The van der Waals surface area contributed by atoms with E-state index >= 15 is 0 Å². The van der Waals surface area contributed by atoms with Gasteiger partial charge >= 0.3 is 0 Å². The van der Waals surface area contributed by atoms with Crippen molar-refractivity contribution in [2.24, 2.45) is 0 Å². The maximum Gasteiger partial charge on any atom is 0.248 e. The first-order chi connectivity index (χ1) is 7.10. The second-order valence-corrected chi connectivity index (χ2v) is 5.08. The Bertz CT molecular complexity index is 481. The largest absolute Gasteiger partial charge is 0.248 e. The van der Waals surface area contributed by atoms with E-state index in [1.54, 1.807) is 6.07 Å². The van der Waals surface area contributed by atoms with Crippen LogP contribution < -0.4 is 0 Å². The highest BCUT2D eigenvalue weighted by Gasteiger charge is 2.17. The van der Waals surface area contributed by atoms with Crippen LogP contribution in [-0.4, -0.2) is 30.0 Å². The number of sulfone groups is 1. The first kappa shape index (κ1) is 11.9. The van der Waals surface area contributed by atoms with E-state index < -0.39 is 9.84 Å². The number of rotatable bonds is 4. The van der Waals surface area contributed by atoms with Crippen LogP contribution in [0, 0.1) is 11.3 Å². The zero-order valence-corrected chi connectivity index (χ0v) is 9.29. The van der Waals surface area contributed by atoms with Crippen molar-refractivity contribution in [3.05, 3.63) is 18.0 Å². The molecule has 1 heterocycles. The average molecular weight is 246 g/mol. The molecular formula is C8H8ClN3O2S. The van der Waals surface area contributed by atoms with Crippen molar-refractivity contribution in [2.45, 2.75) is 11.6 Å². The Hall–Kier alpha value is -1.19. The molecule has 1 aromatic rings. The maximum atomic E-state index is 11.6. The van der Waals surface area contributed by atoms with Gasteiger partial charge in [0.15, 0.2) is 0 Å². The Morgan fingerprint density at radius 2 is 2.27 bits per heavy atom. The SMILES string of the molecule is N#Cc1ccnc(S(=O)(=O)CCCCl)n1. The number of nitrogens with zero attached hydrogens (tertiary/aromatic N) is 3. The molecule has 0 N–H and O–H groups in total. The van der Waals surface area contributed by atoms with E-state index in [4.69, 9.17) is 16.9 Å². The standard InChI is InChI=1S/C8H8ClN3O2S/c9-3-1-5-15(13,14)8-11-4-2-7(6-10)12-8/h2,4H,1,3,5H2. The summed E-state index contributed by atoms with van der Waals surface area (Å²) in [6.07, 6.45) is 1.59. The van der Waals surface area contributed by atoms with Crippen molar-refractivity contribution in [3.8, 4) is 6.07 Å². The van der Waals surface area contributed by atoms with E-state index in [1.807, 2.05) is 0 Å². The molecule has 7 heteroatoms. The highest BCUT2D eigenvalue weighted by molar-refractivity contribution is 7.91. The van der Waals surface area contributed by atoms with Crippen molar-refractivity contribution in [3.63, 3.8) is 0 Å². The molecule has 0 bridgehead atoms. The predicted molar refractivity (Wildman–Crippen MR) is 54.1 cm³/mol. The summed E-state index contributed by atoms with van der Waals surface area (Å²) in [6, 6.07) is 3.10. The van der Waals surface area contributed by atoms with Gasteiger partial charge in [0.2, 0.25) is 15.0 Å². The second kappa shape index (κ2) is 5.05. The zero-order valence-electron chi connectivity index (χ0n) is 7.72. The summed E-state index contributed by atoms with van der Waals surface area (Å²) in [6.45, 7) is 0. The Morgan fingerprint density at radius 1 is 1.53 bits per heavy atom. The van der Waals surface area contributed by atoms with Crippen LogP contribution in [0.2, 0.25) is 0 Å². The Balaban J connectivity index is 3.01. The molecule has 0 aliphatic rings. The fraction of sp³-hybridized carbons (Fsp3) is 0.375. The molecule has 5 nitrogen and oxygen atoms in total. The Morgan fingerprint density at radius 3 is 2.87 bits per heavy atom. The molecule has 0 amide bonds. The van der Waals surface area contributed by atoms with Crippen molar-refractivity contribution in [1.29, 1.82) is 5.26 Å². The lowest BCUT2D eigenvalue weighted by molar-refractivity contribution is 0.585. The normalized spacial score (nSPS) is 10.9. The lowest BCUT2D eigenvalue weighted by Crippen LogP contribution is -2.11. The van der Waals surface area contributed by atoms with E-state index in [9.17, 15) is 8.42 Å². The van der Waals surface area contributed by atoms with Crippen molar-refractivity contribution >= 4 is 21.4 Å². The maximum absolute atomic E-state index is 11.6. The topological polar surface area (TPSA) is 83.7 Å². The van der Waals surface area contributed by atoms with Gasteiger partial charge in [0.1, 0.15) is 11.8 Å². The Labute approximate surface area is 92.7 Å². The minimum absolute atomic E-state index is 0.0365. The first-order valence-electron chi connectivity index (χ1n) is 4.12. The van der Waals surface area contributed by atoms with Crippen LogP contribution in [0.3, 0.4) is 0 Å². The van der Waals surface area contributed by atoms with Gasteiger partial charge in [-0.25, -0.2) is 18.4 Å². The molecule has 0 saturated carbocycles. The molecule has 1 aromatic heterocycles. The lowest BCUT2D eigenvalue weighted by atomic mass is 10.5. The molecular weight excluding hydrogens is 238 g/mol. The van der Waals surface area contributed by atoms with Crippen LogP contribution >= 0.6 is 11.6 Å². The van der Waals surface area contributed by atoms with Gasteiger partial charge in [0.05, 0.1) is 5.75 Å². The number of hydrogen-bond donors (Lipinski definition) is 0. The summed E-state index contributed by atoms with van der Waals surface area (Å²) >= 11 is 5.40. The van der Waals surface area contributed by atoms with Crippen LogP contribution in [0.25, 0.3) is 0 Å². The fourth-order valence-electron chi connectivity index (χ4n) is 0.889. The second-order valence-electron chi connectivity index (χ2n) is 2.70. The fourth-order valence-corrected chi connectivity index (χ4v) is 2.35. The number of halogens is 1. The lowest BCUT2D eigenvalue weighted by Gasteiger charge is -2.00. The molecule has 0 unspecified atom stereocenters. The summed E-state index contributed by atoms with van der Waals surface area (Å²) in [7, 11) is -3.51. The van der Waals surface area contributed by atoms with Crippen LogP contribution in [0.5, 0.6) is 0 Å². The van der Waals surface area contributed by atoms with E-state index in [-0.39, 0.29) is 22.5 Å². The van der Waals surface area contributed by atoms with Crippen molar-refractivity contribution in [1.82, 2.24) is 9.97 Å². The summed E-state index contributed by atoms with van der Waals surface area (Å²) in [5, 5.41) is 8.23. The number of alkyl halides is 1. The van der Waals surface area contributed by atoms with E-state index in [0.29, 0.717) is 6.42 Å². The molecule has 0 fully saturated rings. The van der Waals surface area contributed by atoms with Gasteiger partial charge in [-0.15, -0.1) is 11.6 Å². The molecule has 0 aromatic carbocycles. The quantitative estimate of drug-likeness (QED) is 0.577. The van der Waals surface area contributed by atoms with Crippen LogP contribution in [-0.2, 0) is 9.84 Å². The number of nitriles is 1. The minimum Gasteiger partial charge on any atom is -0.227 e. The molecule has 0 atom stereocenters. The van der Waals surface area contributed by atoms with Gasteiger partial charge in [0, 0.05) is 12.1 Å². The summed E-state index contributed by atoms with van der Waals surface area (Å²) in [5.74, 6) is 0.155. The number of hydrogen-bond acceptors (Lipinski definition) is 5. The van der Waals surface area contributed by atoms with E-state index in [1.165, 1.54) is 12.3 Å². The van der Waals surface area contributed by atoms with Crippen LogP contribution in [0.4, 0.5) is 0 Å². The molecule has 1 rings (SSSR count). The predicted octanol–water partition coefficient (Wildman–Crippen LogP) is 0.751. The minimum atomic E-state index is -3.51. The van der Waals surface area contributed by atoms with Crippen LogP contribution in [0.15, 0.2) is 17.4 Å². The summed E-state index contributed by atoms with van der Waals surface area (Å²) < 4.78 is 23.1. The van der Waals surface area contributed by atoms with Crippen molar-refractivity contribution in [2.75, 3.05) is 11.6 Å². The monoisotopic (exact) mass is 245 g/mol. The zero-order chi connectivity index (χ0) is 11.3. The van der Waals surface area contributed by atoms with Gasteiger partial charge < -0.3 is 0 Å². The van der Waals surface area contributed by atoms with Crippen molar-refractivity contribution < 1.29 is 8.42 Å². The highest BCUT2D eigenvalue weighted by atomic mass is 35.5. The van der Waals surface area contributed by atoms with Gasteiger partial charge in [0.25, 0.3) is 0 Å². The first-order valence-corrected chi connectivity index (χ1v) is 6.30. The van der Waals surface area contributed by atoms with E-state index in [2.05, 4.69) is 9.97 Å². The molecule has 0 spiro atoms. The van der Waals surface area contributed by atoms with Gasteiger partial charge in [-0.05, 0) is 12.5 Å². The summed E-state index contributed by atoms with van der Waals surface area (Å²) in [5.41, 5.74) is 0.0365. The third kappa shape index (κ3) is 3.15. The third-order valence-electron chi connectivity index (χ3n) is 1.57. The van der Waals surface area contributed by atoms with Gasteiger partial charge in [-0.1, -0.05) is 0 Å². The molecule has 0 radical (unpaired) electrons. The number of aromatic nitrogens is 2. The van der Waals surface area contributed by atoms with Gasteiger partial charge in [-0.2, -0.15) is 5.26 Å². The Kier molecular flexibility index (Phi) is 4.00. The molecule has 0 aliphatic heterocycles.